The molecule has 31 heavy (non-hydrogen) atoms. The van der Waals surface area contributed by atoms with E-state index in [4.69, 9.17) is 11.2 Å². The van der Waals surface area contributed by atoms with Gasteiger partial charge < -0.3 is 19.5 Å². The third-order valence-electron chi connectivity index (χ3n) is 4.66. The van der Waals surface area contributed by atoms with Gasteiger partial charge in [-0.05, 0) is 42.3 Å². The Hall–Kier alpha value is -4.12. The molecule has 0 bridgehead atoms. The summed E-state index contributed by atoms with van der Waals surface area (Å²) < 4.78 is 34.5. The predicted molar refractivity (Wildman–Crippen MR) is 115 cm³/mol. The van der Waals surface area contributed by atoms with Crippen LogP contribution in [0.25, 0.3) is 11.1 Å². The summed E-state index contributed by atoms with van der Waals surface area (Å²) in [6.45, 7) is 0. The Bertz CT molecular complexity index is 1260. The van der Waals surface area contributed by atoms with Gasteiger partial charge in [0.2, 0.25) is 0 Å². The van der Waals surface area contributed by atoms with Gasteiger partial charge in [0.25, 0.3) is 5.56 Å². The molecule has 0 saturated heterocycles. The minimum absolute atomic E-state index is 0.179. The molecule has 1 N–H and O–H groups in total. The zero-order valence-corrected chi connectivity index (χ0v) is 17.1. The fourth-order valence-electron chi connectivity index (χ4n) is 2.97. The highest BCUT2D eigenvalue weighted by molar-refractivity contribution is 6.05. The normalized spacial score (nSPS) is 10.3. The van der Waals surface area contributed by atoms with Crippen LogP contribution in [0.3, 0.4) is 0 Å². The molecule has 0 spiro atoms. The largest absolute Gasteiger partial charge is 0.454 e. The second-order valence-electron chi connectivity index (χ2n) is 6.67. The molecule has 0 radical (unpaired) electrons. The highest BCUT2D eigenvalue weighted by Crippen LogP contribution is 2.37. The number of anilines is 2. The Morgan fingerprint density at radius 1 is 1.16 bits per heavy atom. The van der Waals surface area contributed by atoms with Crippen LogP contribution >= 0.6 is 0 Å². The summed E-state index contributed by atoms with van der Waals surface area (Å²) in [5, 5.41) is 2.83. The Balaban J connectivity index is 2.19. The number of amides is 1. The molecule has 0 aliphatic carbocycles. The number of ether oxygens (including phenoxy) is 1. The summed E-state index contributed by atoms with van der Waals surface area (Å²) in [7, 11) is 4.72. The van der Waals surface area contributed by atoms with Gasteiger partial charge in [-0.25, -0.2) is 8.78 Å². The molecule has 3 rings (SSSR count). The van der Waals surface area contributed by atoms with Crippen LogP contribution in [0.4, 0.5) is 20.2 Å². The lowest BCUT2D eigenvalue weighted by Crippen LogP contribution is -2.24. The van der Waals surface area contributed by atoms with Crippen LogP contribution in [0, 0.1) is 24.0 Å². The molecule has 2 aromatic carbocycles. The average Bonchev–Trinajstić information content (AvgIpc) is 2.76. The first kappa shape index (κ1) is 21.6. The third kappa shape index (κ3) is 4.41. The standard InChI is InChI=1S/C23H19F2N3O3/c1-5-22(29)28(4)16-7-9-20(31-21-8-6-15(24)11-18(21)25)17(12-16)14-10-19(26-2)23(30)27(3)13-14/h1,6-13,26H,2-4H3. The van der Waals surface area contributed by atoms with E-state index in [1.54, 1.807) is 38.5 Å². The van der Waals surface area contributed by atoms with E-state index < -0.39 is 17.5 Å². The molecule has 0 fully saturated rings. The Labute approximate surface area is 177 Å². The number of pyridine rings is 1. The zero-order chi connectivity index (χ0) is 22.7. The molecule has 1 amide bonds. The van der Waals surface area contributed by atoms with Crippen molar-refractivity contribution < 1.29 is 18.3 Å². The first-order chi connectivity index (χ1) is 14.7. The van der Waals surface area contributed by atoms with Gasteiger partial charge in [-0.15, -0.1) is 6.42 Å². The average molecular weight is 423 g/mol. The number of hydrogen-bond acceptors (Lipinski definition) is 4. The molecule has 0 aliphatic heterocycles. The van der Waals surface area contributed by atoms with E-state index in [1.807, 2.05) is 5.92 Å². The number of rotatable bonds is 5. The molecule has 3 aromatic rings. The smallest absolute Gasteiger partial charge is 0.302 e. The number of nitrogens with one attached hydrogen (secondary N) is 1. The van der Waals surface area contributed by atoms with E-state index in [0.29, 0.717) is 28.6 Å². The lowest BCUT2D eigenvalue weighted by Gasteiger charge is -2.19. The molecule has 0 aliphatic rings. The lowest BCUT2D eigenvalue weighted by atomic mass is 10.0. The van der Waals surface area contributed by atoms with Gasteiger partial charge in [-0.3, -0.25) is 9.59 Å². The maximum absolute atomic E-state index is 14.2. The quantitative estimate of drug-likeness (QED) is 0.635. The molecule has 1 aromatic heterocycles. The van der Waals surface area contributed by atoms with Gasteiger partial charge in [-0.2, -0.15) is 0 Å². The number of aromatic nitrogens is 1. The molecule has 0 saturated carbocycles. The molecule has 1 heterocycles. The van der Waals surface area contributed by atoms with E-state index >= 15 is 0 Å². The van der Waals surface area contributed by atoms with Gasteiger partial charge >= 0.3 is 5.91 Å². The van der Waals surface area contributed by atoms with E-state index in [2.05, 4.69) is 5.32 Å². The summed E-state index contributed by atoms with van der Waals surface area (Å²) in [6.07, 6.45) is 6.79. The minimum atomic E-state index is -0.869. The number of aryl methyl sites for hydroxylation is 1. The van der Waals surface area contributed by atoms with Crippen LogP contribution in [0.15, 0.2) is 53.5 Å². The van der Waals surface area contributed by atoms with Crippen molar-refractivity contribution in [3.8, 4) is 35.0 Å². The molecule has 0 atom stereocenters. The highest BCUT2D eigenvalue weighted by atomic mass is 19.1. The van der Waals surface area contributed by atoms with Crippen LogP contribution in [0.5, 0.6) is 11.5 Å². The number of nitrogens with zero attached hydrogens (tertiary/aromatic N) is 2. The van der Waals surface area contributed by atoms with Crippen LogP contribution in [0.1, 0.15) is 0 Å². The number of carbonyl (C=O) groups is 1. The van der Waals surface area contributed by atoms with Crippen molar-refractivity contribution in [3.63, 3.8) is 0 Å². The summed E-state index contributed by atoms with van der Waals surface area (Å²) in [6, 6.07) is 9.33. The Kier molecular flexibility index (Phi) is 6.07. The summed E-state index contributed by atoms with van der Waals surface area (Å²) in [4.78, 5) is 25.4. The van der Waals surface area contributed by atoms with E-state index in [-0.39, 0.29) is 17.1 Å². The Morgan fingerprint density at radius 3 is 2.52 bits per heavy atom. The van der Waals surface area contributed by atoms with Crippen LogP contribution in [-0.2, 0) is 11.8 Å². The van der Waals surface area contributed by atoms with Crippen molar-refractivity contribution in [2.24, 2.45) is 7.05 Å². The summed E-state index contributed by atoms with van der Waals surface area (Å²) in [5.41, 5.74) is 1.58. The molecule has 0 unspecified atom stereocenters. The maximum Gasteiger partial charge on any atom is 0.302 e. The number of terminal acetylenes is 1. The van der Waals surface area contributed by atoms with Crippen molar-refractivity contribution in [3.05, 3.63) is 70.6 Å². The molecule has 158 valence electrons. The topological polar surface area (TPSA) is 63.6 Å². The second kappa shape index (κ2) is 8.71. The van der Waals surface area contributed by atoms with Crippen LogP contribution in [-0.4, -0.2) is 24.6 Å². The van der Waals surface area contributed by atoms with Gasteiger partial charge in [0.1, 0.15) is 17.3 Å². The van der Waals surface area contributed by atoms with Crippen LogP contribution < -0.4 is 20.5 Å². The van der Waals surface area contributed by atoms with Crippen molar-refractivity contribution in [1.82, 2.24) is 4.57 Å². The van der Waals surface area contributed by atoms with E-state index in [1.165, 1.54) is 28.6 Å². The van der Waals surface area contributed by atoms with Crippen LogP contribution in [0.2, 0.25) is 0 Å². The highest BCUT2D eigenvalue weighted by Gasteiger charge is 2.17. The molecule has 6 nitrogen and oxygen atoms in total. The fourth-order valence-corrected chi connectivity index (χ4v) is 2.97. The van der Waals surface area contributed by atoms with Gasteiger partial charge in [0.15, 0.2) is 11.6 Å². The fraction of sp³-hybridized carbons (Fsp3) is 0.130. The number of halogens is 2. The minimum Gasteiger partial charge on any atom is -0.454 e. The second-order valence-corrected chi connectivity index (χ2v) is 6.67. The maximum atomic E-state index is 14.2. The number of hydrogen-bond donors (Lipinski definition) is 1. The van der Waals surface area contributed by atoms with E-state index in [9.17, 15) is 18.4 Å². The summed E-state index contributed by atoms with van der Waals surface area (Å²) in [5.74, 6) is -0.0605. The summed E-state index contributed by atoms with van der Waals surface area (Å²) >= 11 is 0. The molecule has 8 heteroatoms. The first-order valence-electron chi connectivity index (χ1n) is 9.15. The zero-order valence-electron chi connectivity index (χ0n) is 17.1. The molecular formula is C23H19F2N3O3. The Morgan fingerprint density at radius 2 is 1.87 bits per heavy atom. The van der Waals surface area contributed by atoms with Crippen molar-refractivity contribution in [2.45, 2.75) is 0 Å². The van der Waals surface area contributed by atoms with Gasteiger partial charge in [0.05, 0.1) is 0 Å². The number of benzene rings is 2. The van der Waals surface area contributed by atoms with Crippen molar-refractivity contribution in [1.29, 1.82) is 0 Å². The third-order valence-corrected chi connectivity index (χ3v) is 4.66. The molecular weight excluding hydrogens is 404 g/mol. The lowest BCUT2D eigenvalue weighted by molar-refractivity contribution is -0.113. The predicted octanol–water partition coefficient (Wildman–Crippen LogP) is 3.76. The first-order valence-corrected chi connectivity index (χ1v) is 9.15. The van der Waals surface area contributed by atoms with Gasteiger partial charge in [0, 0.05) is 50.2 Å². The SMILES string of the molecule is C#CC(=O)N(C)c1ccc(Oc2ccc(F)cc2F)c(-c2cc(NC)c(=O)n(C)c2)c1. The number of carbonyl (C=O) groups excluding carboxylic acids is 1. The van der Waals surface area contributed by atoms with Crippen molar-refractivity contribution >= 4 is 17.3 Å². The van der Waals surface area contributed by atoms with E-state index in [0.717, 1.165) is 6.07 Å². The monoisotopic (exact) mass is 423 g/mol. The van der Waals surface area contributed by atoms with Crippen molar-refractivity contribution in [2.75, 3.05) is 24.3 Å². The van der Waals surface area contributed by atoms with Gasteiger partial charge in [-0.1, -0.05) is 0 Å².